The van der Waals surface area contributed by atoms with Gasteiger partial charge in [0, 0.05) is 27.1 Å². The summed E-state index contributed by atoms with van der Waals surface area (Å²) in [5.41, 5.74) is 1.89. The molecule has 26 heavy (non-hydrogen) atoms. The third-order valence-corrected chi connectivity index (χ3v) is 4.95. The molecule has 0 spiro atoms. The highest BCUT2D eigenvalue weighted by atomic mass is 35.5. The molecule has 0 aromatic heterocycles. The van der Waals surface area contributed by atoms with Crippen molar-refractivity contribution in [2.75, 3.05) is 6.61 Å². The second-order valence-corrected chi connectivity index (χ2v) is 6.77. The maximum Gasteiger partial charge on any atom is 0.345 e. The van der Waals surface area contributed by atoms with E-state index in [1.807, 2.05) is 0 Å². The van der Waals surface area contributed by atoms with E-state index in [1.54, 1.807) is 50.2 Å². The van der Waals surface area contributed by atoms with Gasteiger partial charge in [-0.3, -0.25) is 4.79 Å². The first-order valence-electron chi connectivity index (χ1n) is 8.10. The number of carbonyl (C=O) groups excluding carboxylic acids is 2. The molecular formula is C20H16Cl2O4. The second-order valence-electron chi connectivity index (χ2n) is 5.92. The molecule has 1 atom stereocenters. The number of carbonyl (C=O) groups is 2. The zero-order valence-electron chi connectivity index (χ0n) is 14.2. The molecule has 0 heterocycles. The van der Waals surface area contributed by atoms with Crippen molar-refractivity contribution in [1.82, 2.24) is 0 Å². The molecule has 0 bridgehead atoms. The van der Waals surface area contributed by atoms with Crippen molar-refractivity contribution < 1.29 is 19.4 Å². The van der Waals surface area contributed by atoms with Crippen LogP contribution in [-0.4, -0.2) is 23.5 Å². The summed E-state index contributed by atoms with van der Waals surface area (Å²) in [7, 11) is 0. The largest absolute Gasteiger partial charge is 0.506 e. The number of aliphatic hydroxyl groups excluding tert-OH is 1. The molecule has 3 rings (SSSR count). The molecule has 1 aliphatic rings. The number of ether oxygens (including phenoxy) is 1. The summed E-state index contributed by atoms with van der Waals surface area (Å²) in [5, 5.41) is 11.8. The van der Waals surface area contributed by atoms with Crippen LogP contribution in [0.25, 0.3) is 16.9 Å². The molecule has 0 aliphatic heterocycles. The topological polar surface area (TPSA) is 63.6 Å². The fourth-order valence-corrected chi connectivity index (χ4v) is 3.50. The molecule has 134 valence electrons. The summed E-state index contributed by atoms with van der Waals surface area (Å²) >= 11 is 12.4. The lowest BCUT2D eigenvalue weighted by molar-refractivity contribution is -0.140. The van der Waals surface area contributed by atoms with E-state index in [2.05, 4.69) is 0 Å². The van der Waals surface area contributed by atoms with Crippen LogP contribution in [0.2, 0.25) is 10.0 Å². The second kappa shape index (κ2) is 7.14. The van der Waals surface area contributed by atoms with Gasteiger partial charge < -0.3 is 9.84 Å². The van der Waals surface area contributed by atoms with E-state index < -0.39 is 23.4 Å². The highest BCUT2D eigenvalue weighted by Crippen LogP contribution is 2.44. The van der Waals surface area contributed by atoms with E-state index >= 15 is 0 Å². The average molecular weight is 391 g/mol. The Bertz CT molecular complexity index is 930. The normalized spacial score (nSPS) is 16.5. The van der Waals surface area contributed by atoms with Gasteiger partial charge >= 0.3 is 5.97 Å². The smallest absolute Gasteiger partial charge is 0.345 e. The van der Waals surface area contributed by atoms with Gasteiger partial charge in [-0.05, 0) is 36.2 Å². The molecule has 0 saturated heterocycles. The molecule has 2 aromatic carbocycles. The summed E-state index contributed by atoms with van der Waals surface area (Å²) in [6.07, 6.45) is 0. The predicted octanol–water partition coefficient (Wildman–Crippen LogP) is 5.18. The third kappa shape index (κ3) is 3.00. The molecule has 6 heteroatoms. The molecule has 1 N–H and O–H groups in total. The Balaban J connectivity index is 2.32. The van der Waals surface area contributed by atoms with Gasteiger partial charge in [0.25, 0.3) is 0 Å². The van der Waals surface area contributed by atoms with Gasteiger partial charge in [0.1, 0.15) is 11.3 Å². The lowest BCUT2D eigenvalue weighted by Crippen LogP contribution is -2.27. The maximum atomic E-state index is 12.6. The van der Waals surface area contributed by atoms with Crippen LogP contribution < -0.4 is 0 Å². The number of Topliss-reactive ketones (excluding diaryl/α,β-unsaturated/α-hetero) is 1. The summed E-state index contributed by atoms with van der Waals surface area (Å²) in [6.45, 7) is 3.42. The summed E-state index contributed by atoms with van der Waals surface area (Å²) in [5.74, 6) is -2.33. The number of esters is 1. The lowest BCUT2D eigenvalue weighted by atomic mass is 9.79. The number of hydrogen-bond donors (Lipinski definition) is 1. The summed E-state index contributed by atoms with van der Waals surface area (Å²) in [6, 6.07) is 10.3. The molecule has 1 aliphatic carbocycles. The zero-order valence-corrected chi connectivity index (χ0v) is 15.7. The highest BCUT2D eigenvalue weighted by molar-refractivity contribution is 6.35. The fourth-order valence-electron chi connectivity index (χ4n) is 3.11. The molecule has 0 radical (unpaired) electrons. The van der Waals surface area contributed by atoms with Gasteiger partial charge in [0.2, 0.25) is 0 Å². The Morgan fingerprint density at radius 3 is 2.38 bits per heavy atom. The number of halogens is 2. The van der Waals surface area contributed by atoms with Crippen LogP contribution in [0.4, 0.5) is 0 Å². The SMILES string of the molecule is CCOC(=O)C1=C(O)c2c(ccc(Cl)c2-c2ccc(Cl)cc2)C(C)C1=O. The first kappa shape index (κ1) is 18.5. The number of fused-ring (bicyclic) bond motifs is 1. The van der Waals surface area contributed by atoms with Crippen LogP contribution in [0, 0.1) is 0 Å². The van der Waals surface area contributed by atoms with Crippen LogP contribution in [0.15, 0.2) is 42.0 Å². The minimum Gasteiger partial charge on any atom is -0.506 e. The average Bonchev–Trinajstić information content (AvgIpc) is 2.61. The van der Waals surface area contributed by atoms with Crippen LogP contribution in [0.5, 0.6) is 0 Å². The molecule has 0 fully saturated rings. The van der Waals surface area contributed by atoms with Gasteiger partial charge in [0.15, 0.2) is 5.78 Å². The molecule has 0 saturated carbocycles. The molecule has 0 amide bonds. The molecule has 2 aromatic rings. The maximum absolute atomic E-state index is 12.6. The van der Waals surface area contributed by atoms with Crippen molar-refractivity contribution in [3.63, 3.8) is 0 Å². The number of ketones is 1. The minimum atomic E-state index is -0.838. The number of rotatable bonds is 3. The van der Waals surface area contributed by atoms with Crippen molar-refractivity contribution in [3.8, 4) is 11.1 Å². The molecule has 1 unspecified atom stereocenters. The predicted molar refractivity (Wildman–Crippen MR) is 102 cm³/mol. The van der Waals surface area contributed by atoms with Crippen molar-refractivity contribution in [3.05, 3.63) is 63.1 Å². The van der Waals surface area contributed by atoms with E-state index in [0.29, 0.717) is 32.3 Å². The van der Waals surface area contributed by atoms with Crippen LogP contribution in [0.3, 0.4) is 0 Å². The van der Waals surface area contributed by atoms with Crippen molar-refractivity contribution in [1.29, 1.82) is 0 Å². The van der Waals surface area contributed by atoms with Gasteiger partial charge in [0.05, 0.1) is 6.61 Å². The number of aliphatic hydroxyl groups is 1. The van der Waals surface area contributed by atoms with E-state index in [-0.39, 0.29) is 12.2 Å². The number of benzene rings is 2. The Morgan fingerprint density at radius 2 is 1.77 bits per heavy atom. The Labute approximate surface area is 161 Å². The Kier molecular flexibility index (Phi) is 5.08. The quantitative estimate of drug-likeness (QED) is 0.579. The van der Waals surface area contributed by atoms with Crippen LogP contribution in [0.1, 0.15) is 30.9 Å². The van der Waals surface area contributed by atoms with Crippen LogP contribution >= 0.6 is 23.2 Å². The summed E-state index contributed by atoms with van der Waals surface area (Å²) < 4.78 is 4.95. The van der Waals surface area contributed by atoms with Gasteiger partial charge in [-0.1, -0.05) is 48.3 Å². The monoisotopic (exact) mass is 390 g/mol. The van der Waals surface area contributed by atoms with E-state index in [0.717, 1.165) is 0 Å². The van der Waals surface area contributed by atoms with E-state index in [9.17, 15) is 14.7 Å². The summed E-state index contributed by atoms with van der Waals surface area (Å²) in [4.78, 5) is 24.9. The standard InChI is InChI=1S/C20H16Cl2O4/c1-3-26-20(25)17-18(23)10(2)13-8-9-14(22)15(16(13)19(17)24)11-4-6-12(21)7-5-11/h4-10,24H,3H2,1-2H3. The van der Waals surface area contributed by atoms with Gasteiger partial charge in [-0.2, -0.15) is 0 Å². The Hall–Kier alpha value is -2.30. The number of hydrogen-bond acceptors (Lipinski definition) is 4. The molecular weight excluding hydrogens is 375 g/mol. The van der Waals surface area contributed by atoms with Crippen molar-refractivity contribution in [2.45, 2.75) is 19.8 Å². The van der Waals surface area contributed by atoms with Crippen LogP contribution in [-0.2, 0) is 14.3 Å². The fraction of sp³-hybridized carbons (Fsp3) is 0.200. The van der Waals surface area contributed by atoms with Gasteiger partial charge in [-0.25, -0.2) is 4.79 Å². The third-order valence-electron chi connectivity index (χ3n) is 4.38. The lowest BCUT2D eigenvalue weighted by Gasteiger charge is -2.26. The van der Waals surface area contributed by atoms with E-state index in [1.165, 1.54) is 0 Å². The van der Waals surface area contributed by atoms with Crippen molar-refractivity contribution >= 4 is 40.7 Å². The highest BCUT2D eigenvalue weighted by Gasteiger charge is 2.38. The first-order valence-corrected chi connectivity index (χ1v) is 8.85. The molecule has 4 nitrogen and oxygen atoms in total. The van der Waals surface area contributed by atoms with Gasteiger partial charge in [-0.15, -0.1) is 0 Å². The first-order chi connectivity index (χ1) is 12.4. The van der Waals surface area contributed by atoms with Crippen molar-refractivity contribution in [2.24, 2.45) is 0 Å². The zero-order chi connectivity index (χ0) is 19.0. The van der Waals surface area contributed by atoms with E-state index in [4.69, 9.17) is 27.9 Å². The minimum absolute atomic E-state index is 0.101. The Morgan fingerprint density at radius 1 is 1.12 bits per heavy atom.